The van der Waals surface area contributed by atoms with Crippen LogP contribution in [-0.2, 0) is 9.63 Å². The monoisotopic (exact) mass is 103 g/mol. The number of hydrogen-bond donors (Lipinski definition) is 1. The van der Waals surface area contributed by atoms with Crippen molar-refractivity contribution in [3.8, 4) is 0 Å². The van der Waals surface area contributed by atoms with Crippen molar-refractivity contribution in [2.24, 2.45) is 5.16 Å². The van der Waals surface area contributed by atoms with E-state index in [1.807, 2.05) is 0 Å². The first kappa shape index (κ1) is 5.94. The van der Waals surface area contributed by atoms with Crippen LogP contribution >= 0.6 is 0 Å². The Labute approximate surface area is 40.4 Å². The lowest BCUT2D eigenvalue weighted by Gasteiger charge is -1.78. The zero-order chi connectivity index (χ0) is 5.70. The number of aliphatic carboxylic acids is 1. The maximum atomic E-state index is 9.53. The van der Waals surface area contributed by atoms with E-state index in [-0.39, 0.29) is 0 Å². The molecule has 0 aromatic rings. The maximum Gasteiger partial charge on any atom is 0.350 e. The SMILES string of the molecule is CON=CC(=O)O. The number of rotatable bonds is 2. The van der Waals surface area contributed by atoms with E-state index in [0.29, 0.717) is 6.21 Å². The maximum absolute atomic E-state index is 9.53. The van der Waals surface area contributed by atoms with Crippen LogP contribution in [0.3, 0.4) is 0 Å². The Morgan fingerprint density at radius 2 is 2.57 bits per heavy atom. The van der Waals surface area contributed by atoms with E-state index in [2.05, 4.69) is 9.99 Å². The molecule has 0 aliphatic carbocycles. The minimum atomic E-state index is -1.11. The fraction of sp³-hybridized carbons (Fsp3) is 0.333. The topological polar surface area (TPSA) is 58.9 Å². The largest absolute Gasteiger partial charge is 0.477 e. The van der Waals surface area contributed by atoms with Gasteiger partial charge < -0.3 is 9.94 Å². The molecule has 0 aliphatic heterocycles. The molecule has 4 heteroatoms. The highest BCUT2D eigenvalue weighted by atomic mass is 16.6. The standard InChI is InChI=1S/C3H5NO3/c1-7-4-2-3(5)6/h2H,1H3,(H,5,6). The van der Waals surface area contributed by atoms with E-state index in [1.54, 1.807) is 0 Å². The van der Waals surface area contributed by atoms with Crippen molar-refractivity contribution >= 4 is 12.2 Å². The number of carboxylic acids is 1. The molecule has 0 fully saturated rings. The Hall–Kier alpha value is -1.06. The minimum Gasteiger partial charge on any atom is -0.477 e. The van der Waals surface area contributed by atoms with Crippen molar-refractivity contribution in [2.45, 2.75) is 0 Å². The summed E-state index contributed by atoms with van der Waals surface area (Å²) < 4.78 is 0. The zero-order valence-corrected chi connectivity index (χ0v) is 3.79. The molecule has 0 atom stereocenters. The lowest BCUT2D eigenvalue weighted by atomic mass is 10.8. The van der Waals surface area contributed by atoms with Crippen LogP contribution in [0, 0.1) is 0 Å². The molecule has 4 nitrogen and oxygen atoms in total. The summed E-state index contributed by atoms with van der Waals surface area (Å²) in [7, 11) is 1.28. The molecular weight excluding hydrogens is 98.0 g/mol. The first-order valence-corrected chi connectivity index (χ1v) is 1.57. The summed E-state index contributed by atoms with van der Waals surface area (Å²) in [4.78, 5) is 13.6. The van der Waals surface area contributed by atoms with Crippen molar-refractivity contribution in [1.82, 2.24) is 0 Å². The molecule has 40 valence electrons. The van der Waals surface area contributed by atoms with Crippen LogP contribution in [0.25, 0.3) is 0 Å². The highest BCUT2D eigenvalue weighted by Crippen LogP contribution is 1.61. The lowest BCUT2D eigenvalue weighted by Crippen LogP contribution is -1.94. The van der Waals surface area contributed by atoms with E-state index in [1.165, 1.54) is 7.11 Å². The van der Waals surface area contributed by atoms with Crippen LogP contribution in [0.15, 0.2) is 5.16 Å². The predicted octanol–water partition coefficient (Wildman–Crippen LogP) is -0.297. The van der Waals surface area contributed by atoms with Gasteiger partial charge in [-0.3, -0.25) is 0 Å². The Morgan fingerprint density at radius 1 is 2.00 bits per heavy atom. The number of oxime groups is 1. The molecular formula is C3H5NO3. The summed E-state index contributed by atoms with van der Waals surface area (Å²) in [5.41, 5.74) is 0. The summed E-state index contributed by atoms with van der Waals surface area (Å²) >= 11 is 0. The van der Waals surface area contributed by atoms with Crippen LogP contribution in [0.2, 0.25) is 0 Å². The molecule has 0 unspecified atom stereocenters. The van der Waals surface area contributed by atoms with Gasteiger partial charge in [0.15, 0.2) is 6.21 Å². The van der Waals surface area contributed by atoms with Gasteiger partial charge in [0.2, 0.25) is 0 Å². The highest BCUT2D eigenvalue weighted by Gasteiger charge is 1.82. The highest BCUT2D eigenvalue weighted by molar-refractivity contribution is 6.21. The number of carboxylic acid groups (broad SMARTS) is 1. The molecule has 0 aromatic heterocycles. The second kappa shape index (κ2) is 3.14. The quantitative estimate of drug-likeness (QED) is 0.385. The zero-order valence-electron chi connectivity index (χ0n) is 3.79. The van der Waals surface area contributed by atoms with Crippen LogP contribution in [-0.4, -0.2) is 24.4 Å². The van der Waals surface area contributed by atoms with Crippen molar-refractivity contribution in [2.75, 3.05) is 7.11 Å². The first-order valence-electron chi connectivity index (χ1n) is 1.57. The molecule has 0 saturated carbocycles. The molecule has 0 radical (unpaired) electrons. The van der Waals surface area contributed by atoms with E-state index < -0.39 is 5.97 Å². The predicted molar refractivity (Wildman–Crippen MR) is 23.1 cm³/mol. The minimum absolute atomic E-state index is 0.667. The van der Waals surface area contributed by atoms with Gasteiger partial charge in [-0.05, 0) is 0 Å². The summed E-state index contributed by atoms with van der Waals surface area (Å²) in [6.45, 7) is 0. The van der Waals surface area contributed by atoms with Gasteiger partial charge in [-0.1, -0.05) is 5.16 Å². The van der Waals surface area contributed by atoms with E-state index in [0.717, 1.165) is 0 Å². The van der Waals surface area contributed by atoms with Gasteiger partial charge in [0.25, 0.3) is 0 Å². The lowest BCUT2D eigenvalue weighted by molar-refractivity contribution is -0.129. The third-order valence-electron chi connectivity index (χ3n) is 0.269. The van der Waals surface area contributed by atoms with Gasteiger partial charge >= 0.3 is 5.97 Å². The summed E-state index contributed by atoms with van der Waals surface area (Å²) in [6, 6.07) is 0. The molecule has 0 spiro atoms. The van der Waals surface area contributed by atoms with Gasteiger partial charge in [0.05, 0.1) is 0 Å². The van der Waals surface area contributed by atoms with Gasteiger partial charge in [-0.25, -0.2) is 4.79 Å². The Kier molecular flexibility index (Phi) is 2.67. The molecule has 0 amide bonds. The van der Waals surface area contributed by atoms with Crippen LogP contribution in [0.5, 0.6) is 0 Å². The molecule has 1 N–H and O–H groups in total. The fourth-order valence-corrected chi connectivity index (χ4v) is 0.0978. The summed E-state index contributed by atoms with van der Waals surface area (Å²) in [6.07, 6.45) is 0.667. The van der Waals surface area contributed by atoms with Crippen molar-refractivity contribution in [1.29, 1.82) is 0 Å². The smallest absolute Gasteiger partial charge is 0.350 e. The van der Waals surface area contributed by atoms with Gasteiger partial charge in [-0.2, -0.15) is 0 Å². The summed E-state index contributed by atoms with van der Waals surface area (Å²) in [5.74, 6) is -1.11. The van der Waals surface area contributed by atoms with Crippen molar-refractivity contribution in [3.05, 3.63) is 0 Å². The fourth-order valence-electron chi connectivity index (χ4n) is 0.0978. The van der Waals surface area contributed by atoms with E-state index in [4.69, 9.17) is 5.11 Å². The Balaban J connectivity index is 3.26. The third-order valence-corrected chi connectivity index (χ3v) is 0.269. The Bertz CT molecular complexity index is 88.2. The average Bonchev–Trinajstić information content (AvgIpc) is 1.61. The molecule has 7 heavy (non-hydrogen) atoms. The van der Waals surface area contributed by atoms with Crippen molar-refractivity contribution in [3.63, 3.8) is 0 Å². The Morgan fingerprint density at radius 3 is 2.71 bits per heavy atom. The van der Waals surface area contributed by atoms with Gasteiger partial charge in [-0.15, -0.1) is 0 Å². The van der Waals surface area contributed by atoms with Crippen LogP contribution in [0.4, 0.5) is 0 Å². The molecule has 0 aromatic carbocycles. The molecule has 0 aliphatic rings. The third kappa shape index (κ3) is 4.94. The van der Waals surface area contributed by atoms with Crippen molar-refractivity contribution < 1.29 is 14.7 Å². The van der Waals surface area contributed by atoms with E-state index >= 15 is 0 Å². The van der Waals surface area contributed by atoms with Gasteiger partial charge in [0, 0.05) is 0 Å². The van der Waals surface area contributed by atoms with Crippen LogP contribution < -0.4 is 0 Å². The average molecular weight is 103 g/mol. The molecule has 0 rings (SSSR count). The normalized spacial score (nSPS) is 9.29. The second-order valence-corrected chi connectivity index (χ2v) is 0.755. The van der Waals surface area contributed by atoms with Crippen LogP contribution in [0.1, 0.15) is 0 Å². The number of hydrogen-bond acceptors (Lipinski definition) is 3. The first-order chi connectivity index (χ1) is 3.27. The molecule has 0 heterocycles. The summed E-state index contributed by atoms with van der Waals surface area (Å²) in [5, 5.41) is 10.8. The number of carbonyl (C=O) groups is 1. The van der Waals surface area contributed by atoms with E-state index in [9.17, 15) is 4.79 Å². The molecule has 0 saturated heterocycles. The molecule has 0 bridgehead atoms. The van der Waals surface area contributed by atoms with Gasteiger partial charge in [0.1, 0.15) is 7.11 Å². The number of nitrogens with zero attached hydrogens (tertiary/aromatic N) is 1. The second-order valence-electron chi connectivity index (χ2n) is 0.755.